The molecule has 0 bridgehead atoms. The minimum atomic E-state index is -0.746. The molecule has 0 fully saturated rings. The molecule has 0 aromatic rings. The molecule has 0 aliphatic rings. The van der Waals surface area contributed by atoms with Gasteiger partial charge in [-0.3, -0.25) is 0 Å². The van der Waals surface area contributed by atoms with Crippen LogP contribution in [0.2, 0.25) is 0 Å². The van der Waals surface area contributed by atoms with Crippen LogP contribution in [0.5, 0.6) is 0 Å². The van der Waals surface area contributed by atoms with Crippen molar-refractivity contribution in [2.24, 2.45) is 0 Å². The molecule has 0 aliphatic carbocycles. The maximum absolute atomic E-state index is 11.4. The van der Waals surface area contributed by atoms with E-state index in [-0.39, 0.29) is 0 Å². The van der Waals surface area contributed by atoms with Gasteiger partial charge in [-0.05, 0) is 0 Å². The van der Waals surface area contributed by atoms with Crippen LogP contribution in [-0.2, 0) is 4.79 Å². The summed E-state index contributed by atoms with van der Waals surface area (Å²) in [4.78, 5) is 12.4. The number of hydrogen-bond donors (Lipinski definition) is 1. The molecule has 0 aliphatic heterocycles. The van der Waals surface area contributed by atoms with Crippen molar-refractivity contribution < 1.29 is 4.79 Å². The maximum atomic E-state index is 11.4. The van der Waals surface area contributed by atoms with Gasteiger partial charge in [0.05, 0.1) is 0 Å². The first kappa shape index (κ1) is 12.0. The van der Waals surface area contributed by atoms with Crippen molar-refractivity contribution in [1.29, 1.82) is 0 Å². The van der Waals surface area contributed by atoms with Crippen LogP contribution in [0.25, 0.3) is 0 Å². The average molecular weight is 165 g/mol. The van der Waals surface area contributed by atoms with Gasteiger partial charge in [0.25, 0.3) is 0 Å². The van der Waals surface area contributed by atoms with Crippen LogP contribution in [-0.4, -0.2) is 71.0 Å². The van der Waals surface area contributed by atoms with Gasteiger partial charge in [-0.2, -0.15) is 0 Å². The standard InChI is InChI=1S/C6H6B4N2O/c7-1-5(11-2-8)6(13)12(3-9)4-10/h1-5,11H. The zero-order valence-electron chi connectivity index (χ0n) is 7.05. The Morgan fingerprint density at radius 1 is 1.23 bits per heavy atom. The molecule has 7 heteroatoms. The van der Waals surface area contributed by atoms with Crippen molar-refractivity contribution in [3.05, 3.63) is 0 Å². The number of hydrogen-bond acceptors (Lipinski definition) is 2. The normalized spacial score (nSPS) is 10.5. The van der Waals surface area contributed by atoms with E-state index in [1.54, 1.807) is 0 Å². The third kappa shape index (κ3) is 3.49. The quantitative estimate of drug-likeness (QED) is 0.415. The van der Waals surface area contributed by atoms with Gasteiger partial charge in [0, 0.05) is 0 Å². The molecular weight excluding hydrogens is 159 g/mol. The summed E-state index contributed by atoms with van der Waals surface area (Å²) < 4.78 is 0. The Morgan fingerprint density at radius 2 is 1.77 bits per heavy atom. The van der Waals surface area contributed by atoms with Crippen LogP contribution < -0.4 is 5.32 Å². The summed E-state index contributed by atoms with van der Waals surface area (Å²) in [6, 6.07) is -0.746. The van der Waals surface area contributed by atoms with Crippen molar-refractivity contribution in [3.63, 3.8) is 0 Å². The van der Waals surface area contributed by atoms with E-state index in [0.717, 1.165) is 29.1 Å². The summed E-state index contributed by atoms with van der Waals surface area (Å²) >= 11 is 0. The topological polar surface area (TPSA) is 32.3 Å². The van der Waals surface area contributed by atoms with Crippen molar-refractivity contribution in [1.82, 2.24) is 10.2 Å². The fourth-order valence-electron chi connectivity index (χ4n) is 0.670. The van der Waals surface area contributed by atoms with E-state index in [1.807, 2.05) is 0 Å². The Balaban J connectivity index is 4.50. The van der Waals surface area contributed by atoms with Gasteiger partial charge in [0.15, 0.2) is 0 Å². The summed E-state index contributed by atoms with van der Waals surface area (Å²) in [5, 5.41) is 2.51. The predicted molar refractivity (Wildman–Crippen MR) is 61.0 cm³/mol. The third-order valence-corrected chi connectivity index (χ3v) is 1.31. The number of carbonyl (C=O) groups is 1. The van der Waals surface area contributed by atoms with Crippen molar-refractivity contribution in [2.45, 2.75) is 6.04 Å². The summed E-state index contributed by atoms with van der Waals surface area (Å²) in [5.41, 5.74) is 0. The van der Waals surface area contributed by atoms with Gasteiger partial charge in [-0.25, -0.2) is 0 Å². The number of nitrogens with one attached hydrogen (secondary N) is 1. The molecule has 0 aromatic heterocycles. The van der Waals surface area contributed by atoms with Crippen LogP contribution in [0.15, 0.2) is 0 Å². The molecule has 1 unspecified atom stereocenters. The fourth-order valence-corrected chi connectivity index (χ4v) is 0.670. The van der Waals surface area contributed by atoms with Crippen LogP contribution in [0.1, 0.15) is 0 Å². The van der Waals surface area contributed by atoms with E-state index >= 15 is 0 Å². The minimum absolute atomic E-state index is 0.422. The molecule has 3 nitrogen and oxygen atoms in total. The van der Waals surface area contributed by atoms with Gasteiger partial charge in [-0.15, -0.1) is 0 Å². The monoisotopic (exact) mass is 166 g/mol. The average Bonchev–Trinajstić information content (AvgIpc) is 2.15. The van der Waals surface area contributed by atoms with Crippen molar-refractivity contribution >= 4 is 60.1 Å². The van der Waals surface area contributed by atoms with Gasteiger partial charge < -0.3 is 0 Å². The Bertz CT molecular complexity index is 235. The molecule has 1 atom stereocenters. The Labute approximate surface area is 81.8 Å². The zero-order valence-corrected chi connectivity index (χ0v) is 7.05. The van der Waals surface area contributed by atoms with E-state index in [4.69, 9.17) is 30.0 Å². The molecular formula is C6H6B4N2O. The molecule has 0 saturated carbocycles. The Morgan fingerprint density at radius 3 is 2.08 bits per heavy atom. The molecule has 1 amide bonds. The second-order valence-corrected chi connectivity index (χ2v) is 2.05. The molecule has 58 valence electrons. The Kier molecular flexibility index (Phi) is 6.02. The summed E-state index contributed by atoms with van der Waals surface area (Å²) in [7, 11) is 20.5. The van der Waals surface area contributed by atoms with E-state index < -0.39 is 11.9 Å². The van der Waals surface area contributed by atoms with Crippen LogP contribution >= 0.6 is 0 Å². The first-order chi connectivity index (χ1) is 6.21. The third-order valence-electron chi connectivity index (χ3n) is 1.31. The van der Waals surface area contributed by atoms with Crippen LogP contribution in [0.3, 0.4) is 0 Å². The van der Waals surface area contributed by atoms with Gasteiger partial charge in [0.1, 0.15) is 0 Å². The molecule has 0 saturated heterocycles. The van der Waals surface area contributed by atoms with Crippen molar-refractivity contribution in [2.75, 3.05) is 0 Å². The number of amides is 1. The first-order valence-corrected chi connectivity index (χ1v) is 3.48. The number of carbonyl (C=O) groups excluding carboxylic acids is 1. The van der Waals surface area contributed by atoms with E-state index in [2.05, 4.69) is 5.32 Å². The zero-order chi connectivity index (χ0) is 10.3. The van der Waals surface area contributed by atoms with Gasteiger partial charge in [0.2, 0.25) is 0 Å². The fraction of sp³-hybridized carbons (Fsp3) is 0.167. The van der Waals surface area contributed by atoms with E-state index in [0.29, 0.717) is 0 Å². The summed E-state index contributed by atoms with van der Waals surface area (Å²) in [5.74, 6) is 0.723. The second-order valence-electron chi connectivity index (χ2n) is 2.05. The summed E-state index contributed by atoms with van der Waals surface area (Å²) in [6.07, 6.45) is 3.16. The van der Waals surface area contributed by atoms with Crippen LogP contribution in [0, 0.1) is 0 Å². The molecule has 0 aromatic carbocycles. The summed E-state index contributed by atoms with van der Waals surface area (Å²) in [6.45, 7) is 0. The van der Waals surface area contributed by atoms with Crippen molar-refractivity contribution in [3.8, 4) is 0 Å². The first-order valence-electron chi connectivity index (χ1n) is 3.48. The SMILES string of the molecule is [B]=CNC(C=[B])C(=O)N(C=[B])C=[B]. The van der Waals surface area contributed by atoms with Gasteiger partial charge in [-0.1, -0.05) is 0 Å². The predicted octanol–water partition coefficient (Wildman–Crippen LogP) is -3.47. The molecule has 4 radical (unpaired) electrons. The Hall–Kier alpha value is -0.990. The molecule has 0 heterocycles. The number of rotatable bonds is 6. The molecule has 0 rings (SSSR count). The molecule has 13 heavy (non-hydrogen) atoms. The van der Waals surface area contributed by atoms with Crippen LogP contribution in [0.4, 0.5) is 0 Å². The molecule has 0 spiro atoms. The van der Waals surface area contributed by atoms with E-state index in [1.165, 1.54) is 0 Å². The number of nitrogens with zero attached hydrogens (tertiary/aromatic N) is 1. The second kappa shape index (κ2) is 6.52. The van der Waals surface area contributed by atoms with Gasteiger partial charge >= 0.3 is 81.1 Å². The molecule has 1 N–H and O–H groups in total. The van der Waals surface area contributed by atoms with E-state index in [9.17, 15) is 4.79 Å².